The Morgan fingerprint density at radius 3 is 2.50 bits per heavy atom. The first kappa shape index (κ1) is 13.1. The molecule has 2 aromatic carbocycles. The van der Waals surface area contributed by atoms with E-state index in [1.54, 1.807) is 12.1 Å². The van der Waals surface area contributed by atoms with E-state index in [2.05, 4.69) is 25.9 Å². The first-order valence-electron chi connectivity index (χ1n) is 6.26. The molecule has 1 atom stereocenters. The van der Waals surface area contributed by atoms with Crippen LogP contribution in [0.2, 0.25) is 0 Å². The van der Waals surface area contributed by atoms with Crippen LogP contribution in [0.15, 0.2) is 51.7 Å². The lowest BCUT2D eigenvalue weighted by atomic mass is 10.0. The number of aromatic amines is 2. The zero-order chi connectivity index (χ0) is 14.1. The van der Waals surface area contributed by atoms with Crippen LogP contribution in [-0.2, 0) is 6.42 Å². The second-order valence-corrected chi connectivity index (χ2v) is 5.65. The van der Waals surface area contributed by atoms with Crippen molar-refractivity contribution in [1.29, 1.82) is 0 Å². The molecule has 0 spiro atoms. The molecule has 1 unspecified atom stereocenters. The Morgan fingerprint density at radius 1 is 1.05 bits per heavy atom. The van der Waals surface area contributed by atoms with Crippen LogP contribution in [-0.4, -0.2) is 15.1 Å². The highest BCUT2D eigenvalue weighted by Crippen LogP contribution is 2.22. The van der Waals surface area contributed by atoms with Crippen LogP contribution in [0.5, 0.6) is 0 Å². The topological polar surface area (TPSA) is 68.9 Å². The molecule has 0 saturated heterocycles. The van der Waals surface area contributed by atoms with Gasteiger partial charge in [0.15, 0.2) is 0 Å². The Balaban J connectivity index is 1.85. The second kappa shape index (κ2) is 5.26. The molecular formula is C15H13BrN2O2. The summed E-state index contributed by atoms with van der Waals surface area (Å²) in [4.78, 5) is 16.6. The van der Waals surface area contributed by atoms with Gasteiger partial charge in [0.25, 0.3) is 0 Å². The molecule has 20 heavy (non-hydrogen) atoms. The van der Waals surface area contributed by atoms with Gasteiger partial charge in [-0.3, -0.25) is 0 Å². The van der Waals surface area contributed by atoms with E-state index in [-0.39, 0.29) is 5.69 Å². The highest BCUT2D eigenvalue weighted by molar-refractivity contribution is 9.10. The van der Waals surface area contributed by atoms with Gasteiger partial charge in [-0.05, 0) is 35.4 Å². The average molecular weight is 333 g/mol. The highest BCUT2D eigenvalue weighted by Gasteiger charge is 2.10. The van der Waals surface area contributed by atoms with Gasteiger partial charge in [-0.15, -0.1) is 0 Å². The molecule has 102 valence electrons. The Hall–Kier alpha value is -1.85. The van der Waals surface area contributed by atoms with E-state index in [0.29, 0.717) is 11.9 Å². The molecule has 1 heterocycles. The first-order valence-corrected chi connectivity index (χ1v) is 7.05. The van der Waals surface area contributed by atoms with Crippen LogP contribution in [0.25, 0.3) is 11.0 Å². The number of imidazole rings is 1. The number of aliphatic hydroxyl groups is 1. The van der Waals surface area contributed by atoms with Gasteiger partial charge >= 0.3 is 5.69 Å². The predicted molar refractivity (Wildman–Crippen MR) is 81.7 cm³/mol. The standard InChI is InChI=1S/C15H13BrN2O2/c16-11-4-1-9(2-5-11)7-14(19)10-3-6-12-13(8-10)18-15(20)17-12/h1-6,8,14,19H,7H2,(H2,17,18,20). The van der Waals surface area contributed by atoms with E-state index in [1.807, 2.05) is 30.3 Å². The number of rotatable bonds is 3. The molecule has 4 nitrogen and oxygen atoms in total. The summed E-state index contributed by atoms with van der Waals surface area (Å²) in [6, 6.07) is 13.3. The van der Waals surface area contributed by atoms with E-state index in [0.717, 1.165) is 21.1 Å². The largest absolute Gasteiger partial charge is 0.388 e. The first-order chi connectivity index (χ1) is 9.61. The van der Waals surface area contributed by atoms with E-state index < -0.39 is 6.10 Å². The minimum atomic E-state index is -0.598. The Kier molecular flexibility index (Phi) is 3.46. The highest BCUT2D eigenvalue weighted by atomic mass is 79.9. The number of nitrogens with one attached hydrogen (secondary N) is 2. The smallest absolute Gasteiger partial charge is 0.323 e. The molecule has 3 aromatic rings. The molecule has 0 aliphatic rings. The number of hydrogen-bond acceptors (Lipinski definition) is 2. The van der Waals surface area contributed by atoms with Gasteiger partial charge in [0.05, 0.1) is 17.1 Å². The lowest BCUT2D eigenvalue weighted by Crippen LogP contribution is -2.01. The Bertz CT molecular complexity index is 789. The van der Waals surface area contributed by atoms with Gasteiger partial charge in [-0.2, -0.15) is 0 Å². The van der Waals surface area contributed by atoms with Crippen molar-refractivity contribution < 1.29 is 5.11 Å². The van der Waals surface area contributed by atoms with Gasteiger partial charge in [0.1, 0.15) is 0 Å². The summed E-state index contributed by atoms with van der Waals surface area (Å²) >= 11 is 3.39. The van der Waals surface area contributed by atoms with Crippen molar-refractivity contribution in [2.45, 2.75) is 12.5 Å². The number of benzene rings is 2. The van der Waals surface area contributed by atoms with Crippen molar-refractivity contribution >= 4 is 27.0 Å². The number of aliphatic hydroxyl groups excluding tert-OH is 1. The molecule has 0 amide bonds. The SMILES string of the molecule is O=c1[nH]c2ccc(C(O)Cc3ccc(Br)cc3)cc2[nH]1. The monoisotopic (exact) mass is 332 g/mol. The summed E-state index contributed by atoms with van der Waals surface area (Å²) in [7, 11) is 0. The van der Waals surface area contributed by atoms with Crippen LogP contribution in [0.3, 0.4) is 0 Å². The predicted octanol–water partition coefficient (Wildman–Crippen LogP) is 2.89. The maximum atomic E-state index is 11.2. The third-order valence-electron chi connectivity index (χ3n) is 3.27. The number of fused-ring (bicyclic) bond motifs is 1. The molecule has 5 heteroatoms. The summed E-state index contributed by atoms with van der Waals surface area (Å²) in [5.74, 6) is 0. The summed E-state index contributed by atoms with van der Waals surface area (Å²) in [5.41, 5.74) is 3.07. The van der Waals surface area contributed by atoms with Crippen molar-refractivity contribution in [1.82, 2.24) is 9.97 Å². The maximum Gasteiger partial charge on any atom is 0.323 e. The van der Waals surface area contributed by atoms with Crippen molar-refractivity contribution in [3.63, 3.8) is 0 Å². The van der Waals surface area contributed by atoms with E-state index in [1.165, 1.54) is 0 Å². The number of hydrogen-bond donors (Lipinski definition) is 3. The molecule has 0 fully saturated rings. The van der Waals surface area contributed by atoms with Crippen molar-refractivity contribution in [3.8, 4) is 0 Å². The molecule has 3 rings (SSSR count). The van der Waals surface area contributed by atoms with E-state index in [9.17, 15) is 9.90 Å². The average Bonchev–Trinajstić information content (AvgIpc) is 2.80. The van der Waals surface area contributed by atoms with Crippen molar-refractivity contribution in [3.05, 3.63) is 68.5 Å². The summed E-state index contributed by atoms with van der Waals surface area (Å²) < 4.78 is 1.02. The fourth-order valence-electron chi connectivity index (χ4n) is 2.22. The lowest BCUT2D eigenvalue weighted by Gasteiger charge is -2.11. The molecule has 0 radical (unpaired) electrons. The fraction of sp³-hybridized carbons (Fsp3) is 0.133. The van der Waals surface area contributed by atoms with Crippen molar-refractivity contribution in [2.24, 2.45) is 0 Å². The van der Waals surface area contributed by atoms with Gasteiger partial charge in [-0.1, -0.05) is 34.1 Å². The van der Waals surface area contributed by atoms with Crippen LogP contribution >= 0.6 is 15.9 Å². The second-order valence-electron chi connectivity index (χ2n) is 4.73. The van der Waals surface area contributed by atoms with E-state index in [4.69, 9.17) is 0 Å². The molecule has 3 N–H and O–H groups in total. The van der Waals surface area contributed by atoms with Crippen molar-refractivity contribution in [2.75, 3.05) is 0 Å². The van der Waals surface area contributed by atoms with Gasteiger partial charge < -0.3 is 15.1 Å². The quantitative estimate of drug-likeness (QED) is 0.690. The number of aromatic nitrogens is 2. The molecule has 0 saturated carbocycles. The summed E-state index contributed by atoms with van der Waals surface area (Å²) in [6.07, 6.45) is -0.0630. The third-order valence-corrected chi connectivity index (χ3v) is 3.80. The molecular weight excluding hydrogens is 320 g/mol. The third kappa shape index (κ3) is 2.69. The zero-order valence-electron chi connectivity index (χ0n) is 10.6. The van der Waals surface area contributed by atoms with Gasteiger partial charge in [-0.25, -0.2) is 4.79 Å². The van der Waals surface area contributed by atoms with Crippen LogP contribution in [0.4, 0.5) is 0 Å². The normalized spacial score (nSPS) is 12.7. The maximum absolute atomic E-state index is 11.2. The lowest BCUT2D eigenvalue weighted by molar-refractivity contribution is 0.178. The number of H-pyrrole nitrogens is 2. The van der Waals surface area contributed by atoms with Crippen LogP contribution in [0, 0.1) is 0 Å². The summed E-state index contributed by atoms with van der Waals surface area (Å²) in [6.45, 7) is 0. The van der Waals surface area contributed by atoms with E-state index >= 15 is 0 Å². The minimum absolute atomic E-state index is 0.237. The van der Waals surface area contributed by atoms with Crippen LogP contribution in [0.1, 0.15) is 17.2 Å². The zero-order valence-corrected chi connectivity index (χ0v) is 12.1. The summed E-state index contributed by atoms with van der Waals surface area (Å²) in [5, 5.41) is 10.3. The molecule has 0 aliphatic heterocycles. The molecule has 0 aliphatic carbocycles. The van der Waals surface area contributed by atoms with Gasteiger partial charge in [0.2, 0.25) is 0 Å². The molecule has 0 bridgehead atoms. The van der Waals surface area contributed by atoms with Crippen LogP contribution < -0.4 is 5.69 Å². The molecule has 1 aromatic heterocycles. The number of halogens is 1. The Morgan fingerprint density at radius 2 is 1.75 bits per heavy atom. The Labute approximate surface area is 123 Å². The minimum Gasteiger partial charge on any atom is -0.388 e. The van der Waals surface area contributed by atoms with Gasteiger partial charge in [0, 0.05) is 10.9 Å². The fourth-order valence-corrected chi connectivity index (χ4v) is 2.48.